The van der Waals surface area contributed by atoms with E-state index in [1.807, 2.05) is 24.3 Å². The minimum absolute atomic E-state index is 0.000300. The van der Waals surface area contributed by atoms with Gasteiger partial charge < -0.3 is 14.3 Å². The minimum Gasteiger partial charge on any atom is -0.493 e. The van der Waals surface area contributed by atoms with Crippen LogP contribution in [0.1, 0.15) is 16.7 Å². The number of halogens is 2. The zero-order valence-corrected chi connectivity index (χ0v) is 18.8. The molecule has 0 spiro atoms. The first-order valence-corrected chi connectivity index (χ1v) is 10.3. The number of hydrogen-bond acceptors (Lipinski definition) is 6. The first kappa shape index (κ1) is 22.6. The van der Waals surface area contributed by atoms with Gasteiger partial charge in [0.25, 0.3) is 5.69 Å². The molecule has 31 heavy (non-hydrogen) atoms. The molecule has 3 aromatic carbocycles. The molecule has 3 aromatic rings. The van der Waals surface area contributed by atoms with Crippen molar-refractivity contribution in [1.29, 1.82) is 0 Å². The maximum absolute atomic E-state index is 10.8. The van der Waals surface area contributed by atoms with E-state index in [1.165, 1.54) is 25.5 Å². The highest BCUT2D eigenvalue weighted by molar-refractivity contribution is 9.10. The van der Waals surface area contributed by atoms with Gasteiger partial charge in [-0.15, -0.1) is 0 Å². The van der Waals surface area contributed by atoms with Gasteiger partial charge in [-0.3, -0.25) is 10.1 Å². The Morgan fingerprint density at radius 1 is 1.10 bits per heavy atom. The third-order valence-corrected chi connectivity index (χ3v) is 4.99. The van der Waals surface area contributed by atoms with Gasteiger partial charge >= 0.3 is 0 Å². The number of rotatable bonds is 9. The molecule has 0 aliphatic carbocycles. The van der Waals surface area contributed by atoms with Crippen molar-refractivity contribution in [3.63, 3.8) is 0 Å². The van der Waals surface area contributed by atoms with E-state index in [2.05, 4.69) is 21.1 Å². The Balaban J connectivity index is 1.64. The van der Waals surface area contributed by atoms with Crippen LogP contribution in [-0.2, 0) is 18.1 Å². The molecular formula is C22H18BrClN2O5. The summed E-state index contributed by atoms with van der Waals surface area (Å²) in [6, 6.07) is 17.3. The van der Waals surface area contributed by atoms with Gasteiger partial charge in [0, 0.05) is 22.2 Å². The smallest absolute Gasteiger partial charge is 0.269 e. The number of nitro groups is 1. The summed E-state index contributed by atoms with van der Waals surface area (Å²) >= 11 is 9.78. The van der Waals surface area contributed by atoms with Gasteiger partial charge in [-0.1, -0.05) is 57.0 Å². The Bertz CT molecular complexity index is 1090. The number of nitro benzene ring substituents is 1. The molecule has 0 radical (unpaired) electrons. The van der Waals surface area contributed by atoms with Crippen LogP contribution in [0.5, 0.6) is 11.5 Å². The SMILES string of the molecule is COc1cc(/C=N\OCc2cccc([N+](=O)[O-])c2)cc(Cl)c1OCc1ccc(Br)cc1. The van der Waals surface area contributed by atoms with Crippen LogP contribution in [-0.4, -0.2) is 18.2 Å². The van der Waals surface area contributed by atoms with Crippen molar-refractivity contribution in [2.45, 2.75) is 13.2 Å². The molecule has 0 saturated carbocycles. The van der Waals surface area contributed by atoms with E-state index in [4.69, 9.17) is 25.9 Å². The molecule has 0 aliphatic heterocycles. The molecule has 0 heterocycles. The third kappa shape index (κ3) is 6.44. The number of hydrogen-bond donors (Lipinski definition) is 0. The lowest BCUT2D eigenvalue weighted by Crippen LogP contribution is -1.99. The molecule has 0 aliphatic rings. The van der Waals surface area contributed by atoms with E-state index in [-0.39, 0.29) is 12.3 Å². The molecule has 0 unspecified atom stereocenters. The van der Waals surface area contributed by atoms with Gasteiger partial charge in [0.05, 0.1) is 23.3 Å². The van der Waals surface area contributed by atoms with Gasteiger partial charge in [0.15, 0.2) is 11.5 Å². The summed E-state index contributed by atoms with van der Waals surface area (Å²) in [6.45, 7) is 0.431. The third-order valence-electron chi connectivity index (χ3n) is 4.18. The second-order valence-corrected chi connectivity index (χ2v) is 7.71. The van der Waals surface area contributed by atoms with Crippen molar-refractivity contribution in [1.82, 2.24) is 0 Å². The summed E-state index contributed by atoms with van der Waals surface area (Å²) in [6.07, 6.45) is 1.48. The quantitative estimate of drug-likeness (QED) is 0.198. The fraction of sp³-hybridized carbons (Fsp3) is 0.136. The number of benzene rings is 3. The van der Waals surface area contributed by atoms with Crippen LogP contribution < -0.4 is 9.47 Å². The molecule has 7 nitrogen and oxygen atoms in total. The molecule has 0 bridgehead atoms. The van der Waals surface area contributed by atoms with Crippen molar-refractivity contribution >= 4 is 39.4 Å². The van der Waals surface area contributed by atoms with Crippen LogP contribution in [0.15, 0.2) is 70.3 Å². The molecule has 0 fully saturated rings. The average Bonchev–Trinajstić information content (AvgIpc) is 2.77. The lowest BCUT2D eigenvalue weighted by atomic mass is 10.2. The summed E-state index contributed by atoms with van der Waals surface area (Å²) < 4.78 is 12.2. The van der Waals surface area contributed by atoms with Crippen LogP contribution in [0.25, 0.3) is 0 Å². The number of nitrogens with zero attached hydrogens (tertiary/aromatic N) is 2. The highest BCUT2D eigenvalue weighted by Gasteiger charge is 2.12. The van der Waals surface area contributed by atoms with Crippen LogP contribution in [0.2, 0.25) is 5.02 Å². The summed E-state index contributed by atoms with van der Waals surface area (Å²) in [7, 11) is 1.53. The average molecular weight is 506 g/mol. The van der Waals surface area contributed by atoms with Crippen molar-refractivity contribution in [2.24, 2.45) is 5.16 Å². The molecule has 0 atom stereocenters. The lowest BCUT2D eigenvalue weighted by Gasteiger charge is -2.13. The topological polar surface area (TPSA) is 83.2 Å². The first-order valence-electron chi connectivity index (χ1n) is 9.09. The monoisotopic (exact) mass is 504 g/mol. The molecular weight excluding hydrogens is 488 g/mol. The number of oxime groups is 1. The zero-order chi connectivity index (χ0) is 22.2. The van der Waals surface area contributed by atoms with Gasteiger partial charge in [-0.05, 0) is 35.4 Å². The summed E-state index contributed by atoms with van der Waals surface area (Å²) in [4.78, 5) is 15.6. The molecule has 0 saturated heterocycles. The molecule has 0 N–H and O–H groups in total. The van der Waals surface area contributed by atoms with Crippen LogP contribution in [0, 0.1) is 10.1 Å². The predicted octanol–water partition coefficient (Wildman–Crippen LogP) is 6.15. The Hall–Kier alpha value is -3.10. The number of non-ortho nitro benzene ring substituents is 1. The second-order valence-electron chi connectivity index (χ2n) is 6.38. The molecule has 160 valence electrons. The van der Waals surface area contributed by atoms with E-state index >= 15 is 0 Å². The fourth-order valence-corrected chi connectivity index (χ4v) is 3.20. The predicted molar refractivity (Wildman–Crippen MR) is 122 cm³/mol. The number of methoxy groups -OCH3 is 1. The highest BCUT2D eigenvalue weighted by Crippen LogP contribution is 2.36. The second kappa shape index (κ2) is 10.8. The maximum Gasteiger partial charge on any atom is 0.269 e. The standard InChI is InChI=1S/C22H18BrClN2O5/c1-29-21-11-17(12-25-31-14-16-3-2-4-19(9-16)26(27)28)10-20(24)22(21)30-13-15-5-7-18(23)8-6-15/h2-12H,13-14H2,1H3/b25-12-. The maximum atomic E-state index is 10.8. The van der Waals surface area contributed by atoms with Gasteiger partial charge in [0.2, 0.25) is 0 Å². The molecule has 3 rings (SSSR count). The molecule has 0 amide bonds. The fourth-order valence-electron chi connectivity index (χ4n) is 2.66. The Morgan fingerprint density at radius 3 is 2.58 bits per heavy atom. The Kier molecular flexibility index (Phi) is 7.86. The van der Waals surface area contributed by atoms with Gasteiger partial charge in [-0.2, -0.15) is 0 Å². The van der Waals surface area contributed by atoms with Crippen molar-refractivity contribution in [3.05, 3.63) is 97.0 Å². The van der Waals surface area contributed by atoms with E-state index < -0.39 is 4.92 Å². The van der Waals surface area contributed by atoms with E-state index in [0.29, 0.717) is 34.3 Å². The number of ether oxygens (including phenoxy) is 2. The molecule has 9 heteroatoms. The van der Waals surface area contributed by atoms with Crippen molar-refractivity contribution in [2.75, 3.05) is 7.11 Å². The van der Waals surface area contributed by atoms with E-state index in [1.54, 1.807) is 24.3 Å². The van der Waals surface area contributed by atoms with Crippen LogP contribution >= 0.6 is 27.5 Å². The van der Waals surface area contributed by atoms with E-state index in [0.717, 1.165) is 10.0 Å². The van der Waals surface area contributed by atoms with Crippen molar-refractivity contribution in [3.8, 4) is 11.5 Å². The summed E-state index contributed by atoms with van der Waals surface area (Å²) in [5.41, 5.74) is 2.28. The normalized spacial score (nSPS) is 10.8. The lowest BCUT2D eigenvalue weighted by molar-refractivity contribution is -0.384. The minimum atomic E-state index is -0.457. The summed E-state index contributed by atoms with van der Waals surface area (Å²) in [5, 5.41) is 15.1. The van der Waals surface area contributed by atoms with Crippen molar-refractivity contribution < 1.29 is 19.2 Å². The van der Waals surface area contributed by atoms with E-state index in [9.17, 15) is 10.1 Å². The summed E-state index contributed by atoms with van der Waals surface area (Å²) in [5.74, 6) is 0.895. The van der Waals surface area contributed by atoms with Gasteiger partial charge in [0.1, 0.15) is 13.2 Å². The van der Waals surface area contributed by atoms with Crippen LogP contribution in [0.4, 0.5) is 5.69 Å². The first-order chi connectivity index (χ1) is 15.0. The highest BCUT2D eigenvalue weighted by atomic mass is 79.9. The molecule has 0 aromatic heterocycles. The zero-order valence-electron chi connectivity index (χ0n) is 16.5. The Morgan fingerprint density at radius 2 is 1.87 bits per heavy atom. The largest absolute Gasteiger partial charge is 0.493 e. The Labute approximate surface area is 192 Å². The van der Waals surface area contributed by atoms with Crippen LogP contribution in [0.3, 0.4) is 0 Å². The van der Waals surface area contributed by atoms with Gasteiger partial charge in [-0.25, -0.2) is 0 Å².